The SMILES string of the molecule is CCCCCC(F)(CCCCCCCCCC(F)(CCCCC)[Si](Cl)(Cl)Cl)[Si](Cl)(Cl)Cl. The van der Waals surface area contributed by atoms with Crippen molar-refractivity contribution in [1.29, 1.82) is 0 Å². The standard InChI is InChI=1S/C21H40Cl6F2Si2/c1-3-5-12-16-20(28,30(22,23)24)18-14-10-8-7-9-11-15-19-21(29,31(25,26)27)17-13-6-4-2/h3-19H2,1-2H3. The van der Waals surface area contributed by atoms with Crippen molar-refractivity contribution in [3.8, 4) is 0 Å². The molecule has 2 unspecified atom stereocenters. The van der Waals surface area contributed by atoms with Gasteiger partial charge in [0.2, 0.25) is 0 Å². The maximum Gasteiger partial charge on any atom is 0.377 e. The molecule has 0 saturated heterocycles. The van der Waals surface area contributed by atoms with Crippen molar-refractivity contribution in [2.75, 3.05) is 0 Å². The van der Waals surface area contributed by atoms with Gasteiger partial charge in [0.05, 0.1) is 0 Å². The van der Waals surface area contributed by atoms with Crippen molar-refractivity contribution in [3.63, 3.8) is 0 Å². The molecule has 0 aliphatic rings. The van der Waals surface area contributed by atoms with Crippen LogP contribution in [0.3, 0.4) is 0 Å². The minimum atomic E-state index is -3.41. The minimum Gasteiger partial charge on any atom is -0.243 e. The van der Waals surface area contributed by atoms with E-state index in [9.17, 15) is 0 Å². The Labute approximate surface area is 219 Å². The highest BCUT2D eigenvalue weighted by atomic mass is 35.8. The molecule has 0 saturated carbocycles. The number of alkyl halides is 2. The Morgan fingerprint density at radius 3 is 0.903 bits per heavy atom. The molecule has 188 valence electrons. The number of rotatable bonds is 20. The van der Waals surface area contributed by atoms with Crippen LogP contribution in [0.5, 0.6) is 0 Å². The van der Waals surface area contributed by atoms with Crippen molar-refractivity contribution in [2.24, 2.45) is 0 Å². The normalized spacial score (nSPS) is 16.8. The summed E-state index contributed by atoms with van der Waals surface area (Å²) >= 11 is 36.4. The van der Waals surface area contributed by atoms with E-state index in [1.807, 2.05) is 0 Å². The average Bonchev–Trinajstić information content (AvgIpc) is 2.65. The second-order valence-electron chi connectivity index (χ2n) is 8.82. The summed E-state index contributed by atoms with van der Waals surface area (Å²) in [5.41, 5.74) is 0. The summed E-state index contributed by atoms with van der Waals surface area (Å²) < 4.78 is 30.4. The highest BCUT2D eigenvalue weighted by molar-refractivity contribution is 7.66. The Morgan fingerprint density at radius 2 is 0.677 bits per heavy atom. The van der Waals surface area contributed by atoms with Crippen molar-refractivity contribution >= 4 is 78.5 Å². The Balaban J connectivity index is 4.13. The fraction of sp³-hybridized carbons (Fsp3) is 1.00. The van der Waals surface area contributed by atoms with Gasteiger partial charge in [-0.25, -0.2) is 8.78 Å². The van der Waals surface area contributed by atoms with E-state index in [1.54, 1.807) is 0 Å². The maximum absolute atomic E-state index is 15.2. The molecule has 0 aliphatic heterocycles. The molecule has 0 nitrogen and oxygen atoms in total. The lowest BCUT2D eigenvalue weighted by Crippen LogP contribution is -2.43. The van der Waals surface area contributed by atoms with E-state index < -0.39 is 22.6 Å². The third-order valence-corrected chi connectivity index (χ3v) is 15.1. The van der Waals surface area contributed by atoms with E-state index >= 15 is 8.78 Å². The fourth-order valence-electron chi connectivity index (χ4n) is 3.82. The topological polar surface area (TPSA) is 0 Å². The van der Waals surface area contributed by atoms with Crippen LogP contribution in [-0.2, 0) is 0 Å². The lowest BCUT2D eigenvalue weighted by molar-refractivity contribution is 0.221. The second kappa shape index (κ2) is 16.7. The summed E-state index contributed by atoms with van der Waals surface area (Å²) in [6.07, 6.45) is 13.2. The largest absolute Gasteiger partial charge is 0.377 e. The van der Waals surface area contributed by atoms with Crippen LogP contribution in [0, 0.1) is 0 Å². The predicted octanol–water partition coefficient (Wildman–Crippen LogP) is 11.5. The third-order valence-electron chi connectivity index (χ3n) is 6.02. The van der Waals surface area contributed by atoms with E-state index in [-0.39, 0.29) is 0 Å². The summed E-state index contributed by atoms with van der Waals surface area (Å²) in [6.45, 7) is 4.15. The maximum atomic E-state index is 15.2. The van der Waals surface area contributed by atoms with Crippen molar-refractivity contribution in [1.82, 2.24) is 0 Å². The molecule has 0 aliphatic carbocycles. The van der Waals surface area contributed by atoms with E-state index in [0.717, 1.165) is 83.5 Å². The highest BCUT2D eigenvalue weighted by Gasteiger charge is 2.52. The Morgan fingerprint density at radius 1 is 0.452 bits per heavy atom. The molecule has 0 spiro atoms. The summed E-state index contributed by atoms with van der Waals surface area (Å²) in [7, 11) is 0. The molecule has 0 radical (unpaired) electrons. The van der Waals surface area contributed by atoms with Gasteiger partial charge < -0.3 is 0 Å². The molecule has 0 aromatic rings. The molecular weight excluding hydrogens is 559 g/mol. The molecule has 0 heterocycles. The lowest BCUT2D eigenvalue weighted by atomic mass is 10.0. The van der Waals surface area contributed by atoms with Gasteiger partial charge in [0.25, 0.3) is 0 Å². The van der Waals surface area contributed by atoms with Gasteiger partial charge in [-0.05, 0) is 25.7 Å². The van der Waals surface area contributed by atoms with Gasteiger partial charge in [-0.2, -0.15) is 0 Å². The van der Waals surface area contributed by atoms with Crippen LogP contribution in [0.2, 0.25) is 0 Å². The molecule has 10 heteroatoms. The van der Waals surface area contributed by atoms with Crippen LogP contribution in [-0.4, -0.2) is 22.6 Å². The summed E-state index contributed by atoms with van der Waals surface area (Å²) in [6, 6.07) is -6.81. The highest BCUT2D eigenvalue weighted by Crippen LogP contribution is 2.44. The molecule has 0 amide bonds. The van der Waals surface area contributed by atoms with Crippen LogP contribution in [0.15, 0.2) is 0 Å². The first-order chi connectivity index (χ1) is 14.3. The summed E-state index contributed by atoms with van der Waals surface area (Å²) in [5.74, 6) is 0. The monoisotopic (exact) mass is 596 g/mol. The number of halogens is 8. The molecule has 0 N–H and O–H groups in total. The van der Waals surface area contributed by atoms with Gasteiger partial charge in [-0.3, -0.25) is 0 Å². The average molecular weight is 599 g/mol. The Kier molecular flexibility index (Phi) is 17.8. The second-order valence-corrected chi connectivity index (χ2v) is 26.3. The first kappa shape index (κ1) is 33.0. The van der Waals surface area contributed by atoms with Gasteiger partial charge in [-0.15, -0.1) is 66.5 Å². The summed E-state index contributed by atoms with van der Waals surface area (Å²) in [5, 5.41) is -3.26. The zero-order chi connectivity index (χ0) is 24.0. The van der Waals surface area contributed by atoms with Crippen LogP contribution in [0.4, 0.5) is 8.78 Å². The fourth-order valence-corrected chi connectivity index (χ4v) is 9.06. The predicted molar refractivity (Wildman–Crippen MR) is 144 cm³/mol. The molecule has 0 aromatic heterocycles. The van der Waals surface area contributed by atoms with Crippen LogP contribution >= 0.6 is 66.5 Å². The van der Waals surface area contributed by atoms with Crippen LogP contribution in [0.25, 0.3) is 0 Å². The number of hydrogen-bond acceptors (Lipinski definition) is 0. The smallest absolute Gasteiger partial charge is 0.243 e. The molecule has 31 heavy (non-hydrogen) atoms. The summed E-state index contributed by atoms with van der Waals surface area (Å²) in [4.78, 5) is 0. The first-order valence-electron chi connectivity index (χ1n) is 11.8. The van der Waals surface area contributed by atoms with Gasteiger partial charge in [-0.1, -0.05) is 97.3 Å². The molecule has 2 atom stereocenters. The third kappa shape index (κ3) is 13.6. The zero-order valence-electron chi connectivity index (χ0n) is 19.0. The van der Waals surface area contributed by atoms with Crippen LogP contribution in [0.1, 0.15) is 123 Å². The Hall–Kier alpha value is 2.03. The first-order valence-corrected chi connectivity index (χ1v) is 21.9. The van der Waals surface area contributed by atoms with E-state index in [0.29, 0.717) is 25.7 Å². The van der Waals surface area contributed by atoms with Gasteiger partial charge in [0, 0.05) is 0 Å². The molecule has 0 bridgehead atoms. The van der Waals surface area contributed by atoms with Crippen LogP contribution < -0.4 is 0 Å². The Bertz CT molecular complexity index is 422. The molecule has 0 aromatic carbocycles. The minimum absolute atomic E-state index is 0.329. The van der Waals surface area contributed by atoms with Gasteiger partial charge in [0.15, 0.2) is 0 Å². The van der Waals surface area contributed by atoms with Gasteiger partial charge in [0.1, 0.15) is 10.6 Å². The molecule has 0 fully saturated rings. The van der Waals surface area contributed by atoms with Crippen molar-refractivity contribution in [3.05, 3.63) is 0 Å². The molecule has 0 rings (SSSR count). The van der Waals surface area contributed by atoms with E-state index in [2.05, 4.69) is 13.8 Å². The van der Waals surface area contributed by atoms with E-state index in [1.165, 1.54) is 0 Å². The molecular formula is C21H40Cl6F2Si2. The van der Waals surface area contributed by atoms with E-state index in [4.69, 9.17) is 66.5 Å². The van der Waals surface area contributed by atoms with Crippen molar-refractivity contribution < 1.29 is 8.78 Å². The quantitative estimate of drug-likeness (QED) is 0.0742. The lowest BCUT2D eigenvalue weighted by Gasteiger charge is -2.30. The number of unbranched alkanes of at least 4 members (excludes halogenated alkanes) is 10. The zero-order valence-corrected chi connectivity index (χ0v) is 25.6. The number of hydrogen-bond donors (Lipinski definition) is 0. The van der Waals surface area contributed by atoms with Crippen molar-refractivity contribution in [2.45, 2.75) is 134 Å². The van der Waals surface area contributed by atoms with Gasteiger partial charge >= 0.3 is 12.0 Å².